The molecular weight excluding hydrogens is 382 g/mol. The van der Waals surface area contributed by atoms with Gasteiger partial charge >= 0.3 is 5.97 Å². The van der Waals surface area contributed by atoms with Crippen LogP contribution < -0.4 is 4.72 Å². The number of esters is 1. The first kappa shape index (κ1) is 21.3. The highest BCUT2D eigenvalue weighted by atomic mass is 32.2. The van der Waals surface area contributed by atoms with Crippen molar-refractivity contribution in [1.82, 2.24) is 0 Å². The summed E-state index contributed by atoms with van der Waals surface area (Å²) in [5, 5.41) is 0. The molecule has 0 radical (unpaired) electrons. The molecular formula is C20H21NO6S. The van der Waals surface area contributed by atoms with Crippen molar-refractivity contribution in [3.63, 3.8) is 0 Å². The van der Waals surface area contributed by atoms with Crippen molar-refractivity contribution in [2.75, 3.05) is 11.0 Å². The van der Waals surface area contributed by atoms with Gasteiger partial charge in [-0.2, -0.15) is 0 Å². The second-order valence-electron chi connectivity index (χ2n) is 6.24. The van der Waals surface area contributed by atoms with E-state index in [0.717, 1.165) is 6.26 Å². The average Bonchev–Trinajstić information content (AvgIpc) is 2.65. The Balaban J connectivity index is 1.87. The molecule has 0 unspecified atom stereocenters. The van der Waals surface area contributed by atoms with Crippen LogP contribution in [0.5, 0.6) is 0 Å². The number of carbonyl (C=O) groups excluding carboxylic acids is 3. The van der Waals surface area contributed by atoms with Gasteiger partial charge in [-0.25, -0.2) is 8.42 Å². The number of ether oxygens (including phenoxy) is 1. The van der Waals surface area contributed by atoms with Crippen molar-refractivity contribution in [3.05, 3.63) is 65.7 Å². The number of hydrogen-bond donors (Lipinski definition) is 1. The van der Waals surface area contributed by atoms with Gasteiger partial charge in [-0.1, -0.05) is 30.3 Å². The maximum atomic E-state index is 12.4. The third-order valence-corrected chi connectivity index (χ3v) is 4.41. The van der Waals surface area contributed by atoms with Crippen molar-refractivity contribution >= 4 is 33.2 Å². The molecule has 0 spiro atoms. The van der Waals surface area contributed by atoms with Gasteiger partial charge in [-0.15, -0.1) is 0 Å². The maximum absolute atomic E-state index is 12.4. The lowest BCUT2D eigenvalue weighted by Gasteiger charge is -2.13. The van der Waals surface area contributed by atoms with Crippen LogP contribution in [0.1, 0.15) is 40.5 Å². The molecule has 148 valence electrons. The molecule has 1 atom stereocenters. The lowest BCUT2D eigenvalue weighted by molar-refractivity contribution is -0.146. The van der Waals surface area contributed by atoms with Gasteiger partial charge in [0.05, 0.1) is 12.7 Å². The zero-order chi connectivity index (χ0) is 20.7. The summed E-state index contributed by atoms with van der Waals surface area (Å²) in [6.07, 6.45) is -0.123. The zero-order valence-corrected chi connectivity index (χ0v) is 16.4. The molecule has 0 fully saturated rings. The quantitative estimate of drug-likeness (QED) is 0.510. The molecule has 0 bridgehead atoms. The van der Waals surface area contributed by atoms with E-state index in [1.165, 1.54) is 31.2 Å². The third kappa shape index (κ3) is 6.62. The van der Waals surface area contributed by atoms with Gasteiger partial charge < -0.3 is 4.74 Å². The molecule has 0 saturated heterocycles. The summed E-state index contributed by atoms with van der Waals surface area (Å²) in [4.78, 5) is 36.3. The molecule has 0 saturated carbocycles. The minimum atomic E-state index is -3.41. The Labute approximate surface area is 163 Å². The van der Waals surface area contributed by atoms with E-state index in [1.807, 2.05) is 0 Å². The molecule has 0 aliphatic heterocycles. The number of rotatable bonds is 9. The van der Waals surface area contributed by atoms with Crippen LogP contribution in [-0.2, 0) is 19.6 Å². The molecule has 1 N–H and O–H groups in total. The van der Waals surface area contributed by atoms with E-state index in [-0.39, 0.29) is 24.2 Å². The lowest BCUT2D eigenvalue weighted by Crippen LogP contribution is -2.24. The highest BCUT2D eigenvalue weighted by Gasteiger charge is 2.20. The first-order valence-corrected chi connectivity index (χ1v) is 10.4. The largest absolute Gasteiger partial charge is 0.454 e. The van der Waals surface area contributed by atoms with Crippen LogP contribution in [0.3, 0.4) is 0 Å². The Hall–Kier alpha value is -3.00. The molecule has 28 heavy (non-hydrogen) atoms. The number of hydrogen-bond acceptors (Lipinski definition) is 6. The Morgan fingerprint density at radius 3 is 2.11 bits per heavy atom. The summed E-state index contributed by atoms with van der Waals surface area (Å²) in [6.45, 7) is 1.45. The molecule has 0 heterocycles. The highest BCUT2D eigenvalue weighted by Crippen LogP contribution is 2.14. The minimum Gasteiger partial charge on any atom is -0.454 e. The first-order chi connectivity index (χ1) is 13.2. The molecule has 2 rings (SSSR count). The zero-order valence-electron chi connectivity index (χ0n) is 15.5. The topological polar surface area (TPSA) is 107 Å². The number of nitrogens with one attached hydrogen (secondary N) is 1. The summed E-state index contributed by atoms with van der Waals surface area (Å²) >= 11 is 0. The Bertz CT molecular complexity index is 952. The van der Waals surface area contributed by atoms with Gasteiger partial charge in [0.1, 0.15) is 0 Å². The average molecular weight is 403 g/mol. The fourth-order valence-corrected chi connectivity index (χ4v) is 3.01. The van der Waals surface area contributed by atoms with Gasteiger partial charge in [-0.3, -0.25) is 19.1 Å². The predicted octanol–water partition coefficient (Wildman–Crippen LogP) is 2.84. The smallest absolute Gasteiger partial charge is 0.306 e. The number of benzene rings is 2. The second-order valence-corrected chi connectivity index (χ2v) is 7.99. The second kappa shape index (κ2) is 9.27. The standard InChI is InChI=1S/C20H21NO6S/c1-14(20(24)16-8-10-17(11-9-16)21-28(2,25)26)27-19(23)13-12-18(22)15-6-4-3-5-7-15/h3-11,14,21H,12-13H2,1-2H3/t14-/m0/s1. The van der Waals surface area contributed by atoms with Crippen molar-refractivity contribution in [3.8, 4) is 0 Å². The number of anilines is 1. The van der Waals surface area contributed by atoms with Crippen molar-refractivity contribution in [2.45, 2.75) is 25.9 Å². The van der Waals surface area contributed by atoms with Crippen LogP contribution in [0.2, 0.25) is 0 Å². The summed E-state index contributed by atoms with van der Waals surface area (Å²) in [5.74, 6) is -1.24. The van der Waals surface area contributed by atoms with Gasteiger partial charge in [0, 0.05) is 23.2 Å². The summed E-state index contributed by atoms with van der Waals surface area (Å²) in [7, 11) is -3.41. The van der Waals surface area contributed by atoms with Crippen LogP contribution in [-0.4, -0.2) is 38.3 Å². The Kier molecular flexibility index (Phi) is 7.06. The Morgan fingerprint density at radius 1 is 0.929 bits per heavy atom. The minimum absolute atomic E-state index is 0.00435. The molecule has 2 aromatic carbocycles. The van der Waals surface area contributed by atoms with E-state index in [1.54, 1.807) is 30.3 Å². The molecule has 0 amide bonds. The number of sulfonamides is 1. The van der Waals surface area contributed by atoms with E-state index in [0.29, 0.717) is 11.3 Å². The highest BCUT2D eigenvalue weighted by molar-refractivity contribution is 7.92. The maximum Gasteiger partial charge on any atom is 0.306 e. The van der Waals surface area contributed by atoms with E-state index >= 15 is 0 Å². The SMILES string of the molecule is C[C@H](OC(=O)CCC(=O)c1ccccc1)C(=O)c1ccc(NS(C)(=O)=O)cc1. The van der Waals surface area contributed by atoms with Gasteiger partial charge in [0.15, 0.2) is 11.9 Å². The molecule has 2 aromatic rings. The van der Waals surface area contributed by atoms with Gasteiger partial charge in [0.25, 0.3) is 0 Å². The molecule has 0 aromatic heterocycles. The van der Waals surface area contributed by atoms with Crippen LogP contribution in [0, 0.1) is 0 Å². The third-order valence-electron chi connectivity index (χ3n) is 3.80. The molecule has 0 aliphatic rings. The van der Waals surface area contributed by atoms with Crippen molar-refractivity contribution in [1.29, 1.82) is 0 Å². The van der Waals surface area contributed by atoms with Crippen LogP contribution in [0.4, 0.5) is 5.69 Å². The van der Waals surface area contributed by atoms with Crippen molar-refractivity contribution < 1.29 is 27.5 Å². The summed E-state index contributed by atoms with van der Waals surface area (Å²) < 4.78 is 29.8. The monoisotopic (exact) mass is 403 g/mol. The Morgan fingerprint density at radius 2 is 1.54 bits per heavy atom. The molecule has 0 aliphatic carbocycles. The number of Topliss-reactive ketones (excluding diaryl/α,β-unsaturated/α-hetero) is 2. The van der Waals surface area contributed by atoms with Gasteiger partial charge in [0.2, 0.25) is 15.8 Å². The van der Waals surface area contributed by atoms with E-state index in [4.69, 9.17) is 4.74 Å². The number of ketones is 2. The first-order valence-electron chi connectivity index (χ1n) is 8.55. The van der Waals surface area contributed by atoms with E-state index in [2.05, 4.69) is 4.72 Å². The summed E-state index contributed by atoms with van der Waals surface area (Å²) in [6, 6.07) is 14.4. The van der Waals surface area contributed by atoms with Crippen LogP contribution in [0.25, 0.3) is 0 Å². The fraction of sp³-hybridized carbons (Fsp3) is 0.250. The predicted molar refractivity (Wildman–Crippen MR) is 105 cm³/mol. The van der Waals surface area contributed by atoms with E-state index < -0.39 is 27.9 Å². The summed E-state index contributed by atoms with van der Waals surface area (Å²) in [5.41, 5.74) is 1.12. The fourth-order valence-electron chi connectivity index (χ4n) is 2.44. The molecule has 7 nitrogen and oxygen atoms in total. The molecule has 8 heteroatoms. The normalized spacial score (nSPS) is 12.1. The van der Waals surface area contributed by atoms with Crippen LogP contribution >= 0.6 is 0 Å². The van der Waals surface area contributed by atoms with E-state index in [9.17, 15) is 22.8 Å². The van der Waals surface area contributed by atoms with Crippen molar-refractivity contribution in [2.24, 2.45) is 0 Å². The van der Waals surface area contributed by atoms with Gasteiger partial charge in [-0.05, 0) is 31.2 Å². The number of carbonyl (C=O) groups is 3. The van der Waals surface area contributed by atoms with Crippen LogP contribution in [0.15, 0.2) is 54.6 Å². The lowest BCUT2D eigenvalue weighted by atomic mass is 10.1.